The van der Waals surface area contributed by atoms with Crippen molar-refractivity contribution in [3.8, 4) is 5.75 Å². The van der Waals surface area contributed by atoms with E-state index < -0.39 is 10.0 Å². The van der Waals surface area contributed by atoms with Crippen LogP contribution in [-0.2, 0) is 14.8 Å². The molecule has 1 aromatic heterocycles. The molecule has 1 heterocycles. The molecule has 0 saturated heterocycles. The molecule has 0 aliphatic heterocycles. The third kappa shape index (κ3) is 6.64. The molecule has 0 radical (unpaired) electrons. The number of anilines is 2. The number of hydrogen-bond acceptors (Lipinski definition) is 6. The molecule has 3 aromatic rings. The summed E-state index contributed by atoms with van der Waals surface area (Å²) in [6.45, 7) is 0. The lowest BCUT2D eigenvalue weighted by molar-refractivity contribution is -0.115. The minimum atomic E-state index is -3.76. The molecule has 10 heteroatoms. The summed E-state index contributed by atoms with van der Waals surface area (Å²) < 4.78 is 32.7. The normalized spacial score (nSPS) is 11.1. The van der Waals surface area contributed by atoms with E-state index >= 15 is 0 Å². The lowest BCUT2D eigenvalue weighted by atomic mass is 10.3. The number of carbonyl (C=O) groups is 1. The van der Waals surface area contributed by atoms with Crippen LogP contribution in [0.3, 0.4) is 0 Å². The average molecular weight is 474 g/mol. The van der Waals surface area contributed by atoms with Crippen LogP contribution in [0.1, 0.15) is 4.88 Å². The molecule has 0 atom stereocenters. The second-order valence-corrected chi connectivity index (χ2v) is 9.22. The summed E-state index contributed by atoms with van der Waals surface area (Å²) in [6.07, 6.45) is 3.08. The first-order valence-electron chi connectivity index (χ1n) is 8.96. The topological polar surface area (TPSA) is 96.5 Å². The minimum absolute atomic E-state index is 0.0858. The maximum Gasteiger partial charge on any atom is 0.261 e. The molecular weight excluding hydrogens is 454 g/mol. The molecular formula is C21H19N3O4S3. The number of thiophene rings is 1. The molecule has 0 aliphatic rings. The van der Waals surface area contributed by atoms with Gasteiger partial charge in [0.1, 0.15) is 5.75 Å². The fraction of sp³-hybridized carbons (Fsp3) is 0.0476. The highest BCUT2D eigenvalue weighted by Gasteiger charge is 2.14. The molecule has 3 rings (SSSR count). The summed E-state index contributed by atoms with van der Waals surface area (Å²) in [7, 11) is -2.22. The molecule has 0 spiro atoms. The standard InChI is InChI=1S/C21H19N3O4S3/c1-28-17-8-4-16(5-9-17)24-31(26,27)19-11-6-15(7-12-19)22-21(29)23-20(25)13-10-18-3-2-14-30-18/h2-14,24H,1H3,(H2,22,23,25,29). The van der Waals surface area contributed by atoms with Crippen molar-refractivity contribution >= 4 is 62.0 Å². The highest BCUT2D eigenvalue weighted by molar-refractivity contribution is 7.92. The van der Waals surface area contributed by atoms with Crippen molar-refractivity contribution in [1.82, 2.24) is 5.32 Å². The Labute approximate surface area is 189 Å². The van der Waals surface area contributed by atoms with Crippen molar-refractivity contribution in [1.29, 1.82) is 0 Å². The van der Waals surface area contributed by atoms with Crippen LogP contribution in [0, 0.1) is 0 Å². The van der Waals surface area contributed by atoms with Gasteiger partial charge in [0.05, 0.1) is 12.0 Å². The Morgan fingerprint density at radius 3 is 2.32 bits per heavy atom. The molecule has 0 saturated carbocycles. The summed E-state index contributed by atoms with van der Waals surface area (Å²) in [5.41, 5.74) is 0.957. The van der Waals surface area contributed by atoms with Crippen LogP contribution >= 0.6 is 23.6 Å². The number of carbonyl (C=O) groups excluding carboxylic acids is 1. The van der Waals surface area contributed by atoms with Gasteiger partial charge in [-0.3, -0.25) is 14.8 Å². The largest absolute Gasteiger partial charge is 0.497 e. The van der Waals surface area contributed by atoms with Crippen molar-refractivity contribution in [3.63, 3.8) is 0 Å². The molecule has 7 nitrogen and oxygen atoms in total. The Bertz CT molecular complexity index is 1170. The van der Waals surface area contributed by atoms with Crippen molar-refractivity contribution in [3.05, 3.63) is 77.0 Å². The molecule has 0 aliphatic carbocycles. The zero-order valence-electron chi connectivity index (χ0n) is 16.4. The second-order valence-electron chi connectivity index (χ2n) is 6.15. The van der Waals surface area contributed by atoms with Crippen LogP contribution in [0.5, 0.6) is 5.75 Å². The van der Waals surface area contributed by atoms with Gasteiger partial charge in [0.25, 0.3) is 10.0 Å². The fourth-order valence-corrected chi connectivity index (χ4v) is 4.35. The van der Waals surface area contributed by atoms with Gasteiger partial charge >= 0.3 is 0 Å². The van der Waals surface area contributed by atoms with Gasteiger partial charge in [-0.1, -0.05) is 6.07 Å². The van der Waals surface area contributed by atoms with Crippen LogP contribution in [0.2, 0.25) is 0 Å². The van der Waals surface area contributed by atoms with E-state index in [1.54, 1.807) is 42.5 Å². The SMILES string of the molecule is COc1ccc(NS(=O)(=O)c2ccc(NC(=S)NC(=O)C=Cc3cccs3)cc2)cc1. The van der Waals surface area contributed by atoms with E-state index in [-0.39, 0.29) is 15.9 Å². The predicted octanol–water partition coefficient (Wildman–Crippen LogP) is 4.08. The van der Waals surface area contributed by atoms with Crippen molar-refractivity contribution in [2.75, 3.05) is 17.1 Å². The number of amides is 1. The zero-order valence-corrected chi connectivity index (χ0v) is 18.8. The lowest BCUT2D eigenvalue weighted by Crippen LogP contribution is -2.32. The number of hydrogen-bond donors (Lipinski definition) is 3. The van der Waals surface area contributed by atoms with Crippen LogP contribution in [0.4, 0.5) is 11.4 Å². The van der Waals surface area contributed by atoms with Crippen LogP contribution < -0.4 is 20.1 Å². The summed E-state index contributed by atoms with van der Waals surface area (Å²) in [5.74, 6) is 0.261. The Morgan fingerprint density at radius 1 is 1.03 bits per heavy atom. The number of sulfonamides is 1. The van der Waals surface area contributed by atoms with Gasteiger partial charge in [-0.25, -0.2) is 8.42 Å². The molecule has 0 unspecified atom stereocenters. The number of rotatable bonds is 7. The molecule has 160 valence electrons. The van der Waals surface area contributed by atoms with E-state index in [9.17, 15) is 13.2 Å². The Morgan fingerprint density at radius 2 is 1.71 bits per heavy atom. The van der Waals surface area contributed by atoms with Gasteiger partial charge in [-0.05, 0) is 78.3 Å². The van der Waals surface area contributed by atoms with Gasteiger partial charge in [-0.15, -0.1) is 11.3 Å². The van der Waals surface area contributed by atoms with Gasteiger partial charge in [0.2, 0.25) is 5.91 Å². The first-order chi connectivity index (χ1) is 14.9. The van der Waals surface area contributed by atoms with E-state index in [0.29, 0.717) is 17.1 Å². The minimum Gasteiger partial charge on any atom is -0.497 e. The monoisotopic (exact) mass is 473 g/mol. The second kappa shape index (κ2) is 10.2. The maximum atomic E-state index is 12.6. The molecule has 31 heavy (non-hydrogen) atoms. The average Bonchev–Trinajstić information content (AvgIpc) is 3.26. The molecule has 1 amide bonds. The van der Waals surface area contributed by atoms with Gasteiger partial charge < -0.3 is 10.1 Å². The van der Waals surface area contributed by atoms with E-state index in [2.05, 4.69) is 15.4 Å². The Balaban J connectivity index is 1.57. The smallest absolute Gasteiger partial charge is 0.261 e. The fourth-order valence-electron chi connectivity index (χ4n) is 2.45. The first-order valence-corrected chi connectivity index (χ1v) is 11.7. The number of ether oxygens (including phenoxy) is 1. The van der Waals surface area contributed by atoms with Gasteiger partial charge in [-0.2, -0.15) is 0 Å². The lowest BCUT2D eigenvalue weighted by Gasteiger charge is -2.11. The molecule has 2 aromatic carbocycles. The van der Waals surface area contributed by atoms with E-state index in [0.717, 1.165) is 4.88 Å². The number of methoxy groups -OCH3 is 1. The van der Waals surface area contributed by atoms with Crippen molar-refractivity contribution in [2.24, 2.45) is 0 Å². The van der Waals surface area contributed by atoms with Crippen LogP contribution in [-0.4, -0.2) is 26.5 Å². The summed E-state index contributed by atoms with van der Waals surface area (Å²) in [4.78, 5) is 13.0. The number of thiocarbonyl (C=S) groups is 1. The highest BCUT2D eigenvalue weighted by atomic mass is 32.2. The number of nitrogens with one attached hydrogen (secondary N) is 3. The van der Waals surface area contributed by atoms with E-state index in [1.165, 1.54) is 36.7 Å². The summed E-state index contributed by atoms with van der Waals surface area (Å²) in [5, 5.41) is 7.40. The van der Waals surface area contributed by atoms with Gasteiger partial charge in [0, 0.05) is 22.3 Å². The Hall–Kier alpha value is -3.21. The number of benzene rings is 2. The van der Waals surface area contributed by atoms with E-state index in [4.69, 9.17) is 17.0 Å². The third-order valence-corrected chi connectivity index (χ3v) is 6.38. The zero-order chi connectivity index (χ0) is 22.3. The summed E-state index contributed by atoms with van der Waals surface area (Å²) >= 11 is 6.64. The van der Waals surface area contributed by atoms with E-state index in [1.807, 2.05) is 17.5 Å². The van der Waals surface area contributed by atoms with Crippen molar-refractivity contribution < 1.29 is 17.9 Å². The predicted molar refractivity (Wildman–Crippen MR) is 128 cm³/mol. The van der Waals surface area contributed by atoms with Crippen LogP contribution in [0.25, 0.3) is 6.08 Å². The quantitative estimate of drug-likeness (QED) is 0.353. The highest BCUT2D eigenvalue weighted by Crippen LogP contribution is 2.20. The Kier molecular flexibility index (Phi) is 7.40. The molecule has 0 bridgehead atoms. The van der Waals surface area contributed by atoms with Crippen LogP contribution in [0.15, 0.2) is 77.0 Å². The summed E-state index contributed by atoms with van der Waals surface area (Å²) in [6, 6.07) is 16.3. The molecule has 0 fully saturated rings. The van der Waals surface area contributed by atoms with Gasteiger partial charge in [0.15, 0.2) is 5.11 Å². The van der Waals surface area contributed by atoms with Crippen molar-refractivity contribution in [2.45, 2.75) is 4.90 Å². The maximum absolute atomic E-state index is 12.6. The molecule has 3 N–H and O–H groups in total. The third-order valence-electron chi connectivity index (χ3n) is 3.94. The first kappa shape index (κ1) is 22.5.